The molecule has 0 amide bonds. The highest BCUT2D eigenvalue weighted by atomic mass is 32.2. The molecule has 2 atom stereocenters. The van der Waals surface area contributed by atoms with Gasteiger partial charge in [0.2, 0.25) is 0 Å². The molecule has 3 heterocycles. The lowest BCUT2D eigenvalue weighted by atomic mass is 9.74. The van der Waals surface area contributed by atoms with Gasteiger partial charge in [0.05, 0.1) is 11.2 Å². The minimum atomic E-state index is -0.708. The van der Waals surface area contributed by atoms with Gasteiger partial charge >= 0.3 is 0 Å². The van der Waals surface area contributed by atoms with Gasteiger partial charge in [-0.25, -0.2) is 0 Å². The van der Waals surface area contributed by atoms with E-state index < -0.39 is 5.60 Å². The Morgan fingerprint density at radius 3 is 2.75 bits per heavy atom. The SMILES string of the molecule is Cc1ccc(C(C)(O)C2CCOC3(CCSCC3)C2)s1. The Labute approximate surface area is 129 Å². The molecule has 1 N–H and O–H groups in total. The van der Waals surface area contributed by atoms with E-state index in [0.29, 0.717) is 5.92 Å². The molecule has 2 aliphatic heterocycles. The number of aryl methyl sites for hydroxylation is 1. The zero-order chi connectivity index (χ0) is 14.2. The molecule has 0 bridgehead atoms. The van der Waals surface area contributed by atoms with Crippen LogP contribution in [-0.4, -0.2) is 28.8 Å². The Bertz CT molecular complexity index is 455. The molecule has 1 aromatic heterocycles. The van der Waals surface area contributed by atoms with Crippen molar-refractivity contribution in [1.82, 2.24) is 0 Å². The summed E-state index contributed by atoms with van der Waals surface area (Å²) in [4.78, 5) is 2.39. The third kappa shape index (κ3) is 2.80. The van der Waals surface area contributed by atoms with Crippen LogP contribution in [0.15, 0.2) is 12.1 Å². The second kappa shape index (κ2) is 5.64. The topological polar surface area (TPSA) is 29.5 Å². The van der Waals surface area contributed by atoms with E-state index in [4.69, 9.17) is 4.74 Å². The van der Waals surface area contributed by atoms with Crippen molar-refractivity contribution in [2.45, 2.75) is 50.7 Å². The van der Waals surface area contributed by atoms with Crippen LogP contribution in [-0.2, 0) is 10.3 Å². The average Bonchev–Trinajstić information content (AvgIpc) is 2.87. The van der Waals surface area contributed by atoms with Crippen LogP contribution in [0, 0.1) is 12.8 Å². The Morgan fingerprint density at radius 2 is 2.10 bits per heavy atom. The van der Waals surface area contributed by atoms with Gasteiger partial charge in [0, 0.05) is 16.4 Å². The molecule has 0 aromatic carbocycles. The molecule has 20 heavy (non-hydrogen) atoms. The van der Waals surface area contributed by atoms with Gasteiger partial charge in [0.1, 0.15) is 0 Å². The highest BCUT2D eigenvalue weighted by Gasteiger charge is 2.45. The number of aliphatic hydroxyl groups is 1. The number of rotatable bonds is 2. The lowest BCUT2D eigenvalue weighted by Gasteiger charge is -2.47. The van der Waals surface area contributed by atoms with E-state index >= 15 is 0 Å². The van der Waals surface area contributed by atoms with Crippen LogP contribution in [0.25, 0.3) is 0 Å². The monoisotopic (exact) mass is 312 g/mol. The number of thioether (sulfide) groups is 1. The van der Waals surface area contributed by atoms with Crippen LogP contribution in [0.3, 0.4) is 0 Å². The zero-order valence-corrected chi connectivity index (χ0v) is 14.0. The van der Waals surface area contributed by atoms with E-state index in [-0.39, 0.29) is 5.60 Å². The molecule has 1 spiro atoms. The maximum atomic E-state index is 11.1. The highest BCUT2D eigenvalue weighted by Crippen LogP contribution is 2.46. The molecule has 2 nitrogen and oxygen atoms in total. The fourth-order valence-electron chi connectivity index (χ4n) is 3.51. The number of ether oxygens (including phenoxy) is 1. The van der Waals surface area contributed by atoms with Gasteiger partial charge in [0.25, 0.3) is 0 Å². The van der Waals surface area contributed by atoms with Crippen molar-refractivity contribution in [2.24, 2.45) is 5.92 Å². The van der Waals surface area contributed by atoms with Gasteiger partial charge in [-0.3, -0.25) is 0 Å². The normalized spacial score (nSPS) is 29.2. The second-order valence-corrected chi connectivity index (χ2v) is 8.90. The molecule has 2 aliphatic rings. The molecule has 4 heteroatoms. The largest absolute Gasteiger partial charge is 0.384 e. The van der Waals surface area contributed by atoms with Gasteiger partial charge in [-0.1, -0.05) is 0 Å². The summed E-state index contributed by atoms with van der Waals surface area (Å²) >= 11 is 3.76. The average molecular weight is 312 g/mol. The van der Waals surface area contributed by atoms with Crippen LogP contribution in [0.2, 0.25) is 0 Å². The van der Waals surface area contributed by atoms with Crippen molar-refractivity contribution in [3.63, 3.8) is 0 Å². The van der Waals surface area contributed by atoms with E-state index in [0.717, 1.165) is 37.2 Å². The number of thiophene rings is 1. The molecule has 0 aliphatic carbocycles. The van der Waals surface area contributed by atoms with E-state index in [9.17, 15) is 5.11 Å². The minimum absolute atomic E-state index is 0.0461. The molecule has 112 valence electrons. The van der Waals surface area contributed by atoms with Crippen LogP contribution < -0.4 is 0 Å². The maximum absolute atomic E-state index is 11.1. The van der Waals surface area contributed by atoms with Crippen LogP contribution in [0.4, 0.5) is 0 Å². The van der Waals surface area contributed by atoms with Gasteiger partial charge in [-0.05, 0) is 69.1 Å². The molecule has 2 fully saturated rings. The Hall–Kier alpha value is -0.0300. The van der Waals surface area contributed by atoms with Crippen LogP contribution >= 0.6 is 23.1 Å². The van der Waals surface area contributed by atoms with Crippen LogP contribution in [0.1, 0.15) is 42.4 Å². The Balaban J connectivity index is 1.78. The van der Waals surface area contributed by atoms with E-state index in [1.54, 1.807) is 11.3 Å². The summed E-state index contributed by atoms with van der Waals surface area (Å²) in [6, 6.07) is 4.21. The summed E-state index contributed by atoms with van der Waals surface area (Å²) in [6.07, 6.45) is 4.28. The van der Waals surface area contributed by atoms with E-state index in [1.165, 1.54) is 16.4 Å². The van der Waals surface area contributed by atoms with Gasteiger partial charge in [-0.15, -0.1) is 11.3 Å². The van der Waals surface area contributed by atoms with E-state index in [1.807, 2.05) is 18.7 Å². The summed E-state index contributed by atoms with van der Waals surface area (Å²) in [5.74, 6) is 2.72. The summed E-state index contributed by atoms with van der Waals surface area (Å²) in [7, 11) is 0. The van der Waals surface area contributed by atoms with Crippen molar-refractivity contribution in [1.29, 1.82) is 0 Å². The molecule has 2 unspecified atom stereocenters. The molecule has 0 saturated carbocycles. The smallest absolute Gasteiger partial charge is 0.0989 e. The number of hydrogen-bond acceptors (Lipinski definition) is 4. The molecule has 0 radical (unpaired) electrons. The Morgan fingerprint density at radius 1 is 1.35 bits per heavy atom. The lowest BCUT2D eigenvalue weighted by molar-refractivity contribution is -0.143. The molecule has 1 aromatic rings. The maximum Gasteiger partial charge on any atom is 0.0989 e. The van der Waals surface area contributed by atoms with Crippen molar-refractivity contribution in [3.05, 3.63) is 21.9 Å². The minimum Gasteiger partial charge on any atom is -0.384 e. The molecular formula is C16H24O2S2. The first kappa shape index (κ1) is 14.9. The fourth-order valence-corrected chi connectivity index (χ4v) is 5.74. The third-order valence-electron chi connectivity index (χ3n) is 4.93. The van der Waals surface area contributed by atoms with E-state index in [2.05, 4.69) is 19.1 Å². The number of hydrogen-bond donors (Lipinski definition) is 1. The molecule has 2 saturated heterocycles. The van der Waals surface area contributed by atoms with Crippen LogP contribution in [0.5, 0.6) is 0 Å². The summed E-state index contributed by atoms with van der Waals surface area (Å²) in [5.41, 5.74) is -0.662. The third-order valence-corrected chi connectivity index (χ3v) is 7.14. The zero-order valence-electron chi connectivity index (χ0n) is 12.4. The van der Waals surface area contributed by atoms with Gasteiger partial charge in [-0.2, -0.15) is 11.8 Å². The van der Waals surface area contributed by atoms with Crippen molar-refractivity contribution >= 4 is 23.1 Å². The second-order valence-electron chi connectivity index (χ2n) is 6.39. The first-order chi connectivity index (χ1) is 9.52. The summed E-state index contributed by atoms with van der Waals surface area (Å²) in [6.45, 7) is 4.91. The summed E-state index contributed by atoms with van der Waals surface area (Å²) in [5, 5.41) is 11.1. The quantitative estimate of drug-likeness (QED) is 0.896. The lowest BCUT2D eigenvalue weighted by Crippen LogP contribution is -2.47. The molecule has 3 rings (SSSR count). The van der Waals surface area contributed by atoms with Crippen molar-refractivity contribution in [2.75, 3.05) is 18.1 Å². The first-order valence-electron chi connectivity index (χ1n) is 7.53. The summed E-state index contributed by atoms with van der Waals surface area (Å²) < 4.78 is 6.15. The molecular weight excluding hydrogens is 288 g/mol. The predicted octanol–water partition coefficient (Wildman–Crippen LogP) is 3.96. The van der Waals surface area contributed by atoms with Gasteiger partial charge < -0.3 is 9.84 Å². The van der Waals surface area contributed by atoms with Crippen molar-refractivity contribution < 1.29 is 9.84 Å². The van der Waals surface area contributed by atoms with Crippen molar-refractivity contribution in [3.8, 4) is 0 Å². The highest BCUT2D eigenvalue weighted by molar-refractivity contribution is 7.99. The standard InChI is InChI=1S/C16H24O2S2/c1-12-3-4-14(20-12)15(2,17)13-5-8-18-16(11-13)6-9-19-10-7-16/h3-4,13,17H,5-11H2,1-2H3. The Kier molecular flexibility index (Phi) is 4.20. The first-order valence-corrected chi connectivity index (χ1v) is 9.50. The predicted molar refractivity (Wildman–Crippen MR) is 86.6 cm³/mol. The van der Waals surface area contributed by atoms with Gasteiger partial charge in [0.15, 0.2) is 0 Å². The fraction of sp³-hybridized carbons (Fsp3) is 0.750.